The van der Waals surface area contributed by atoms with Gasteiger partial charge in [0.1, 0.15) is 5.52 Å². The molecule has 3 aromatic heterocycles. The van der Waals surface area contributed by atoms with Gasteiger partial charge < -0.3 is 10.3 Å². The first-order chi connectivity index (χ1) is 13.8. The molecule has 2 N–H and O–H groups in total. The van der Waals surface area contributed by atoms with Crippen molar-refractivity contribution in [2.24, 2.45) is 7.05 Å². The second kappa shape index (κ2) is 7.21. The Morgan fingerprint density at radius 2 is 2.03 bits per heavy atom. The second-order valence-electron chi connectivity index (χ2n) is 6.91. The number of hydrogen-bond acceptors (Lipinski definition) is 4. The zero-order valence-electron chi connectivity index (χ0n) is 16.2. The molecule has 4 rings (SSSR count). The van der Waals surface area contributed by atoms with Gasteiger partial charge in [-0.15, -0.1) is 5.10 Å². The summed E-state index contributed by atoms with van der Waals surface area (Å²) in [7, 11) is 1.75. The van der Waals surface area contributed by atoms with E-state index in [9.17, 15) is 9.59 Å². The topological polar surface area (TPSA) is 97.1 Å². The molecule has 0 aliphatic carbocycles. The van der Waals surface area contributed by atoms with E-state index in [1.54, 1.807) is 11.7 Å². The van der Waals surface area contributed by atoms with Gasteiger partial charge in [-0.25, -0.2) is 4.52 Å². The van der Waals surface area contributed by atoms with Crippen LogP contribution in [0.2, 0.25) is 5.02 Å². The van der Waals surface area contributed by atoms with Crippen LogP contribution in [0.1, 0.15) is 27.2 Å². The predicted molar refractivity (Wildman–Crippen MR) is 110 cm³/mol. The van der Waals surface area contributed by atoms with Crippen LogP contribution in [0.5, 0.6) is 0 Å². The average Bonchev–Trinajstić information content (AvgIpc) is 3.26. The zero-order valence-corrected chi connectivity index (χ0v) is 16.9. The van der Waals surface area contributed by atoms with Crippen LogP contribution >= 0.6 is 11.6 Å². The van der Waals surface area contributed by atoms with E-state index >= 15 is 0 Å². The molecule has 4 aromatic rings. The fraction of sp³-hybridized carbons (Fsp3) is 0.200. The molecular weight excluding hydrogens is 392 g/mol. The number of aromatic nitrogens is 5. The number of benzene rings is 1. The number of aryl methyl sites for hydroxylation is 3. The summed E-state index contributed by atoms with van der Waals surface area (Å²) in [6.45, 7) is 4.24. The fourth-order valence-corrected chi connectivity index (χ4v) is 3.29. The smallest absolute Gasteiger partial charge is 0.275 e. The van der Waals surface area contributed by atoms with E-state index in [1.807, 2.05) is 32.0 Å². The molecule has 0 radical (unpaired) electrons. The summed E-state index contributed by atoms with van der Waals surface area (Å²) in [5.41, 5.74) is 4.06. The highest BCUT2D eigenvalue weighted by molar-refractivity contribution is 6.31. The maximum atomic E-state index is 12.5. The van der Waals surface area contributed by atoms with Gasteiger partial charge in [-0.2, -0.15) is 5.10 Å². The number of rotatable bonds is 4. The maximum Gasteiger partial charge on any atom is 0.275 e. The van der Waals surface area contributed by atoms with Crippen LogP contribution in [0, 0.1) is 13.8 Å². The number of H-pyrrole nitrogens is 1. The van der Waals surface area contributed by atoms with Crippen LogP contribution < -0.4 is 10.9 Å². The molecule has 148 valence electrons. The molecule has 1 amide bonds. The number of nitrogens with zero attached hydrogens (tertiary/aromatic N) is 4. The molecule has 0 aliphatic heterocycles. The molecule has 0 saturated carbocycles. The molecule has 0 aliphatic rings. The number of carbonyl (C=O) groups is 1. The van der Waals surface area contributed by atoms with Crippen LogP contribution in [-0.4, -0.2) is 30.3 Å². The third-order valence-electron chi connectivity index (χ3n) is 4.94. The summed E-state index contributed by atoms with van der Waals surface area (Å²) < 4.78 is 3.02. The van der Waals surface area contributed by atoms with E-state index in [0.29, 0.717) is 27.6 Å². The first-order valence-electron chi connectivity index (χ1n) is 8.98. The summed E-state index contributed by atoms with van der Waals surface area (Å²) in [5, 5.41) is 11.8. The van der Waals surface area contributed by atoms with E-state index in [1.165, 1.54) is 23.0 Å². The number of aromatic amines is 1. The molecule has 29 heavy (non-hydrogen) atoms. The molecule has 0 atom stereocenters. The number of halogens is 1. The minimum absolute atomic E-state index is 0.220. The molecule has 0 unspecified atom stereocenters. The predicted octanol–water partition coefficient (Wildman–Crippen LogP) is 2.62. The monoisotopic (exact) mass is 410 g/mol. The van der Waals surface area contributed by atoms with Crippen LogP contribution in [-0.2, 0) is 13.6 Å². The quantitative estimate of drug-likeness (QED) is 0.540. The van der Waals surface area contributed by atoms with Crippen molar-refractivity contribution in [1.29, 1.82) is 0 Å². The van der Waals surface area contributed by atoms with Crippen molar-refractivity contribution >= 4 is 23.0 Å². The molecule has 0 bridgehead atoms. The number of amides is 1. The van der Waals surface area contributed by atoms with Gasteiger partial charge in [0.15, 0.2) is 5.82 Å². The lowest BCUT2D eigenvalue weighted by atomic mass is 10.1. The van der Waals surface area contributed by atoms with Crippen molar-refractivity contribution in [2.45, 2.75) is 20.4 Å². The van der Waals surface area contributed by atoms with Crippen molar-refractivity contribution < 1.29 is 4.79 Å². The van der Waals surface area contributed by atoms with Crippen LogP contribution in [0.3, 0.4) is 0 Å². The first-order valence-corrected chi connectivity index (χ1v) is 9.36. The summed E-state index contributed by atoms with van der Waals surface area (Å²) in [4.78, 5) is 27.8. The lowest BCUT2D eigenvalue weighted by molar-refractivity contribution is 0.0950. The summed E-state index contributed by atoms with van der Waals surface area (Å²) in [6, 6.07) is 7.36. The fourth-order valence-electron chi connectivity index (χ4n) is 3.05. The van der Waals surface area contributed by atoms with E-state index in [0.717, 1.165) is 16.7 Å². The first kappa shape index (κ1) is 18.9. The van der Waals surface area contributed by atoms with Gasteiger partial charge in [0.2, 0.25) is 0 Å². The van der Waals surface area contributed by atoms with Gasteiger partial charge in [0.05, 0.1) is 29.0 Å². The van der Waals surface area contributed by atoms with Gasteiger partial charge in [-0.1, -0.05) is 23.7 Å². The van der Waals surface area contributed by atoms with Crippen molar-refractivity contribution in [3.63, 3.8) is 0 Å². The van der Waals surface area contributed by atoms with E-state index in [-0.39, 0.29) is 18.0 Å². The Bertz CT molecular complexity index is 1280. The zero-order chi connectivity index (χ0) is 20.7. The van der Waals surface area contributed by atoms with Crippen LogP contribution in [0.15, 0.2) is 41.5 Å². The Labute approximate surface area is 171 Å². The van der Waals surface area contributed by atoms with Crippen LogP contribution in [0.25, 0.3) is 16.9 Å². The second-order valence-corrected chi connectivity index (χ2v) is 7.31. The Kier molecular flexibility index (Phi) is 4.71. The molecule has 0 spiro atoms. The van der Waals surface area contributed by atoms with E-state index < -0.39 is 0 Å². The largest absolute Gasteiger partial charge is 0.346 e. The minimum Gasteiger partial charge on any atom is -0.346 e. The molecule has 0 fully saturated rings. The van der Waals surface area contributed by atoms with Gasteiger partial charge in [0.25, 0.3) is 11.5 Å². The SMILES string of the molecule is Cc1ccc(-c2nn3cc(C(=O)NCc4c(Cl)cnn4C)cc3c(=O)[nH]2)cc1C. The molecule has 3 heterocycles. The highest BCUT2D eigenvalue weighted by atomic mass is 35.5. The molecular formula is C20H19ClN6O2. The number of hydrogen-bond donors (Lipinski definition) is 2. The van der Waals surface area contributed by atoms with Crippen molar-refractivity contribution in [3.8, 4) is 11.4 Å². The molecule has 8 nitrogen and oxygen atoms in total. The summed E-state index contributed by atoms with van der Waals surface area (Å²) in [6.07, 6.45) is 3.06. The lowest BCUT2D eigenvalue weighted by Crippen LogP contribution is -2.23. The Hall–Kier alpha value is -3.39. The van der Waals surface area contributed by atoms with Gasteiger partial charge in [-0.3, -0.25) is 14.3 Å². The van der Waals surface area contributed by atoms with Gasteiger partial charge >= 0.3 is 0 Å². The molecule has 9 heteroatoms. The lowest BCUT2D eigenvalue weighted by Gasteiger charge is -2.05. The van der Waals surface area contributed by atoms with Crippen LogP contribution in [0.4, 0.5) is 0 Å². The minimum atomic E-state index is -0.333. The third kappa shape index (κ3) is 3.54. The Morgan fingerprint density at radius 1 is 1.24 bits per heavy atom. The van der Waals surface area contributed by atoms with E-state index in [2.05, 4.69) is 20.5 Å². The Morgan fingerprint density at radius 3 is 2.72 bits per heavy atom. The highest BCUT2D eigenvalue weighted by Gasteiger charge is 2.15. The van der Waals surface area contributed by atoms with Crippen molar-refractivity contribution in [1.82, 2.24) is 29.7 Å². The highest BCUT2D eigenvalue weighted by Crippen LogP contribution is 2.18. The summed E-state index contributed by atoms with van der Waals surface area (Å²) in [5.74, 6) is 0.106. The Balaban J connectivity index is 1.63. The standard InChI is InChI=1S/C20H19ClN6O2/c1-11-4-5-13(6-12(11)2)18-24-20(29)16-7-14(10-27(16)25-18)19(28)22-9-17-15(21)8-23-26(17)3/h4-8,10H,9H2,1-3H3,(H,22,28)(H,24,25,29). The third-order valence-corrected chi connectivity index (χ3v) is 5.26. The van der Waals surface area contributed by atoms with Gasteiger partial charge in [0, 0.05) is 18.8 Å². The van der Waals surface area contributed by atoms with Crippen molar-refractivity contribution in [3.05, 3.63) is 74.4 Å². The number of carbonyl (C=O) groups excluding carboxylic acids is 1. The van der Waals surface area contributed by atoms with Gasteiger partial charge in [-0.05, 0) is 37.1 Å². The number of fused-ring (bicyclic) bond motifs is 1. The van der Waals surface area contributed by atoms with E-state index in [4.69, 9.17) is 11.6 Å². The molecule has 1 aromatic carbocycles. The molecule has 0 saturated heterocycles. The summed E-state index contributed by atoms with van der Waals surface area (Å²) >= 11 is 6.06. The van der Waals surface area contributed by atoms with Crippen molar-refractivity contribution in [2.75, 3.05) is 0 Å². The maximum absolute atomic E-state index is 12.5. The normalized spacial score (nSPS) is 11.2. The number of nitrogens with one attached hydrogen (secondary N) is 2. The average molecular weight is 411 g/mol.